The highest BCUT2D eigenvalue weighted by atomic mass is 31.2. The van der Waals surface area contributed by atoms with Crippen molar-refractivity contribution in [1.82, 2.24) is 0 Å². The molecule has 8 heteroatoms. The average Bonchev–Trinajstić information content (AvgIpc) is 3.16. The van der Waals surface area contributed by atoms with Gasteiger partial charge in [-0.1, -0.05) is 84.9 Å². The van der Waals surface area contributed by atoms with Gasteiger partial charge in [0.05, 0.1) is 0 Å². The summed E-state index contributed by atoms with van der Waals surface area (Å²) in [5, 5.41) is 0. The Bertz CT molecular complexity index is 2250. The Balaban J connectivity index is 1.16. The highest BCUT2D eigenvalue weighted by Gasteiger charge is 2.33. The van der Waals surface area contributed by atoms with Gasteiger partial charge < -0.3 is 27.1 Å². The molecule has 0 atom stereocenters. The van der Waals surface area contributed by atoms with Crippen molar-refractivity contribution < 1.29 is 27.1 Å². The van der Waals surface area contributed by atoms with Gasteiger partial charge in [-0.25, -0.2) is 0 Å². The van der Waals surface area contributed by atoms with Crippen LogP contribution in [0.3, 0.4) is 0 Å². The van der Waals surface area contributed by atoms with Crippen LogP contribution < -0.4 is 27.1 Å². The second-order valence-corrected chi connectivity index (χ2v) is 17.7. The van der Waals surface area contributed by atoms with Crippen LogP contribution in [0.15, 0.2) is 84.9 Å². The molecule has 0 saturated heterocycles. The first-order valence-electron chi connectivity index (χ1n) is 19.6. The first-order chi connectivity index (χ1) is 27.4. The van der Waals surface area contributed by atoms with Crippen LogP contribution in [0.2, 0.25) is 0 Å². The van der Waals surface area contributed by atoms with Crippen molar-refractivity contribution in [3.05, 3.63) is 174 Å². The summed E-state index contributed by atoms with van der Waals surface area (Å²) >= 11 is 0. The van der Waals surface area contributed by atoms with Crippen molar-refractivity contribution >= 4 is 17.2 Å². The first kappa shape index (κ1) is 38.8. The fourth-order valence-corrected chi connectivity index (χ4v) is 10.5. The van der Waals surface area contributed by atoms with Crippen LogP contribution >= 0.6 is 17.2 Å². The van der Waals surface area contributed by atoms with Gasteiger partial charge in [0.1, 0.15) is 34.5 Å². The van der Waals surface area contributed by atoms with Crippen molar-refractivity contribution in [2.24, 2.45) is 0 Å². The van der Waals surface area contributed by atoms with E-state index in [1.165, 1.54) is 22.3 Å². The fourth-order valence-electron chi connectivity index (χ4n) is 7.84. The maximum Gasteiger partial charge on any atom is 0.530 e. The molecular formula is C49H50O6P2. The number of benzene rings is 6. The summed E-state index contributed by atoms with van der Waals surface area (Å²) in [6.45, 7) is 21.1. The molecular weight excluding hydrogens is 746 g/mol. The molecule has 292 valence electrons. The summed E-state index contributed by atoms with van der Waals surface area (Å²) in [7, 11) is -3.78. The van der Waals surface area contributed by atoms with E-state index in [1.807, 2.05) is 0 Å². The summed E-state index contributed by atoms with van der Waals surface area (Å²) < 4.78 is 41.0. The van der Waals surface area contributed by atoms with Crippen LogP contribution in [0.25, 0.3) is 0 Å². The Morgan fingerprint density at radius 2 is 0.649 bits per heavy atom. The third-order valence-electron chi connectivity index (χ3n) is 11.4. The van der Waals surface area contributed by atoms with Gasteiger partial charge in [0, 0.05) is 41.5 Å². The lowest BCUT2D eigenvalue weighted by molar-refractivity contribution is 0.375. The molecule has 0 aliphatic carbocycles. The second-order valence-electron chi connectivity index (χ2n) is 15.7. The highest BCUT2D eigenvalue weighted by Crippen LogP contribution is 2.53. The lowest BCUT2D eigenvalue weighted by atomic mass is 9.93. The molecule has 0 N–H and O–H groups in total. The quantitative estimate of drug-likeness (QED) is 0.157. The van der Waals surface area contributed by atoms with Gasteiger partial charge in [0.2, 0.25) is 0 Å². The van der Waals surface area contributed by atoms with Crippen LogP contribution in [0, 0.1) is 69.2 Å². The minimum atomic E-state index is -1.89. The molecule has 0 unspecified atom stereocenters. The zero-order valence-corrected chi connectivity index (χ0v) is 36.3. The second kappa shape index (κ2) is 15.7. The van der Waals surface area contributed by atoms with Crippen LogP contribution in [-0.2, 0) is 19.3 Å². The van der Waals surface area contributed by atoms with Gasteiger partial charge in [-0.05, 0) is 136 Å². The third kappa shape index (κ3) is 7.59. The van der Waals surface area contributed by atoms with Gasteiger partial charge in [0.15, 0.2) is 0 Å². The van der Waals surface area contributed by atoms with Gasteiger partial charge in [-0.2, -0.15) is 0 Å². The molecule has 6 aromatic rings. The zero-order valence-electron chi connectivity index (χ0n) is 34.5. The van der Waals surface area contributed by atoms with Crippen LogP contribution in [0.4, 0.5) is 0 Å². The van der Waals surface area contributed by atoms with Crippen LogP contribution in [0.5, 0.6) is 34.5 Å². The molecule has 2 heterocycles. The summed E-state index contributed by atoms with van der Waals surface area (Å²) in [4.78, 5) is 0. The average molecular weight is 797 g/mol. The Morgan fingerprint density at radius 1 is 0.368 bits per heavy atom. The van der Waals surface area contributed by atoms with E-state index in [1.54, 1.807) is 0 Å². The van der Waals surface area contributed by atoms with E-state index in [0.717, 1.165) is 114 Å². The minimum absolute atomic E-state index is 0.535. The molecule has 0 saturated carbocycles. The maximum absolute atomic E-state index is 6.94. The number of para-hydroxylation sites is 2. The molecule has 2 aliphatic rings. The normalized spacial score (nSPS) is 13.8. The van der Waals surface area contributed by atoms with Crippen LogP contribution in [0.1, 0.15) is 89.0 Å². The Labute approximate surface area is 340 Å². The van der Waals surface area contributed by atoms with Crippen molar-refractivity contribution in [3.63, 3.8) is 0 Å². The number of hydrogen-bond donors (Lipinski definition) is 0. The molecule has 57 heavy (non-hydrogen) atoms. The SMILES string of the molecule is Cc1ccc(C)c2c1Cc1c(C)ccc(C)c1OP(Oc1c(C)cccc1Cc1cccc(C)c1OP1Oc3c(C)ccc(C)c3Cc3c(C)ccc(C)c3O1)O2. The predicted molar refractivity (Wildman–Crippen MR) is 232 cm³/mol. The van der Waals surface area contributed by atoms with E-state index in [-0.39, 0.29) is 0 Å². The number of fused-ring (bicyclic) bond motifs is 4. The molecule has 0 bridgehead atoms. The van der Waals surface area contributed by atoms with Gasteiger partial charge >= 0.3 is 17.2 Å². The summed E-state index contributed by atoms with van der Waals surface area (Å²) in [5.41, 5.74) is 17.6. The molecule has 0 fully saturated rings. The van der Waals surface area contributed by atoms with Gasteiger partial charge in [-0.3, -0.25) is 0 Å². The largest absolute Gasteiger partial charge is 0.530 e. The Kier molecular flexibility index (Phi) is 10.7. The monoisotopic (exact) mass is 796 g/mol. The van der Waals surface area contributed by atoms with Gasteiger partial charge in [-0.15, -0.1) is 0 Å². The van der Waals surface area contributed by atoms with Gasteiger partial charge in [0.25, 0.3) is 0 Å². The van der Waals surface area contributed by atoms with E-state index in [4.69, 9.17) is 27.1 Å². The first-order valence-corrected chi connectivity index (χ1v) is 21.8. The Hall–Kier alpha value is -5.02. The topological polar surface area (TPSA) is 55.4 Å². The lowest BCUT2D eigenvalue weighted by Gasteiger charge is -2.28. The predicted octanol–water partition coefficient (Wildman–Crippen LogP) is 13.7. The van der Waals surface area contributed by atoms with E-state index in [0.29, 0.717) is 6.42 Å². The van der Waals surface area contributed by atoms with Crippen molar-refractivity contribution in [1.29, 1.82) is 0 Å². The molecule has 6 aromatic carbocycles. The lowest BCUT2D eigenvalue weighted by Crippen LogP contribution is -2.13. The van der Waals surface area contributed by atoms with E-state index >= 15 is 0 Å². The number of hydrogen-bond acceptors (Lipinski definition) is 6. The number of aryl methyl sites for hydroxylation is 10. The smallest absolute Gasteiger partial charge is 0.408 e. The third-order valence-corrected chi connectivity index (χ3v) is 13.4. The molecule has 6 nitrogen and oxygen atoms in total. The summed E-state index contributed by atoms with van der Waals surface area (Å²) in [5.74, 6) is 4.80. The fraction of sp³-hybridized carbons (Fsp3) is 0.265. The zero-order chi connectivity index (χ0) is 40.1. The van der Waals surface area contributed by atoms with E-state index in [9.17, 15) is 0 Å². The highest BCUT2D eigenvalue weighted by molar-refractivity contribution is 7.43. The van der Waals surface area contributed by atoms with E-state index in [2.05, 4.69) is 154 Å². The molecule has 2 aliphatic heterocycles. The molecule has 0 amide bonds. The van der Waals surface area contributed by atoms with Crippen molar-refractivity contribution in [2.75, 3.05) is 0 Å². The molecule has 0 aromatic heterocycles. The standard InChI is InChI=1S/C49H50O6P2/c1-28-17-21-34(7)46-40(28)26-41-29(2)18-22-35(8)47(41)53-56(52-46)50-44-32(5)13-11-15-38(44)25-39-16-12-14-33(6)45(39)51-57-54-48-36(9)23-19-30(3)42(48)27-43-31(4)20-24-37(10)49(43)55-57/h11-24H,25-27H2,1-10H3. The summed E-state index contributed by atoms with van der Waals surface area (Å²) in [6, 6.07) is 29.6. The maximum atomic E-state index is 6.94. The summed E-state index contributed by atoms with van der Waals surface area (Å²) in [6.07, 6.45) is 1.99. The van der Waals surface area contributed by atoms with Crippen molar-refractivity contribution in [2.45, 2.75) is 88.5 Å². The molecule has 8 rings (SSSR count). The molecule has 0 radical (unpaired) electrons. The number of rotatable bonds is 6. The van der Waals surface area contributed by atoms with Crippen LogP contribution in [-0.4, -0.2) is 0 Å². The van der Waals surface area contributed by atoms with E-state index < -0.39 is 17.2 Å². The molecule has 0 spiro atoms. The van der Waals surface area contributed by atoms with Crippen molar-refractivity contribution in [3.8, 4) is 34.5 Å². The Morgan fingerprint density at radius 3 is 0.947 bits per heavy atom. The minimum Gasteiger partial charge on any atom is -0.408 e.